The summed E-state index contributed by atoms with van der Waals surface area (Å²) in [4.78, 5) is 4.79. The highest BCUT2D eigenvalue weighted by Gasteiger charge is 2.43. The lowest BCUT2D eigenvalue weighted by Crippen LogP contribution is -2.32. The fourth-order valence-electron chi connectivity index (χ4n) is 10.9. The van der Waals surface area contributed by atoms with Gasteiger partial charge in [-0.25, -0.2) is 0 Å². The standard InChI is InChI=1S/C60H44N2O2/c1-59(2)45-20-12-26-55-57(45)61(51-22-5-7-24-53(51)63-55)49-30-28-43(35-47(49)59)41-18-10-16-39(33-41)37-14-9-15-38(32-37)40-17-11-19-42(34-40)44-29-31-50-48(36-44)60(3,4)46-21-13-27-56-58(46)62(50)52-23-6-8-25-54(52)64-56/h5-36H,1-4H3. The van der Waals surface area contributed by atoms with Crippen molar-refractivity contribution in [2.75, 3.05) is 9.80 Å². The van der Waals surface area contributed by atoms with Crippen LogP contribution in [0.2, 0.25) is 0 Å². The van der Waals surface area contributed by atoms with Gasteiger partial charge in [0.05, 0.1) is 34.1 Å². The van der Waals surface area contributed by atoms with Crippen LogP contribution in [0.1, 0.15) is 49.9 Å². The van der Waals surface area contributed by atoms with Crippen molar-refractivity contribution in [3.63, 3.8) is 0 Å². The third kappa shape index (κ3) is 5.29. The monoisotopic (exact) mass is 824 g/mol. The minimum atomic E-state index is -0.233. The van der Waals surface area contributed by atoms with Crippen LogP contribution in [-0.4, -0.2) is 0 Å². The smallest absolute Gasteiger partial charge is 0.151 e. The highest BCUT2D eigenvalue weighted by atomic mass is 16.5. The lowest BCUT2D eigenvalue weighted by Gasteiger charge is -2.45. The fourth-order valence-corrected chi connectivity index (χ4v) is 10.9. The van der Waals surface area contributed by atoms with E-state index in [0.717, 1.165) is 45.7 Å². The molecule has 0 aromatic heterocycles. The number of hydrogen-bond acceptors (Lipinski definition) is 4. The number of nitrogens with zero attached hydrogens (tertiary/aromatic N) is 2. The van der Waals surface area contributed by atoms with Gasteiger partial charge in [0.2, 0.25) is 0 Å². The molecule has 4 heteroatoms. The largest absolute Gasteiger partial charge is 0.453 e. The van der Waals surface area contributed by atoms with Gasteiger partial charge in [-0.05, 0) is 146 Å². The SMILES string of the molecule is CC1(C)c2cc(-c3cccc(-c4cccc(-c5cccc(-c6ccc7c(c6)C(C)(C)c6cccc8c6N7c6ccccc6O8)c5)c4)c3)ccc2N2c3ccccc3Oc3cccc1c32. The van der Waals surface area contributed by atoms with Gasteiger partial charge in [0.25, 0.3) is 0 Å². The third-order valence-corrected chi connectivity index (χ3v) is 14.2. The Morgan fingerprint density at radius 2 is 0.609 bits per heavy atom. The number of benzene rings is 9. The zero-order valence-electron chi connectivity index (χ0n) is 36.2. The molecule has 0 saturated carbocycles. The van der Waals surface area contributed by atoms with E-state index < -0.39 is 0 Å². The molecule has 0 atom stereocenters. The van der Waals surface area contributed by atoms with Crippen molar-refractivity contribution < 1.29 is 9.47 Å². The first kappa shape index (κ1) is 36.8. The molecule has 0 aliphatic carbocycles. The minimum absolute atomic E-state index is 0.233. The zero-order chi connectivity index (χ0) is 42.9. The van der Waals surface area contributed by atoms with Crippen molar-refractivity contribution in [1.29, 1.82) is 0 Å². The Morgan fingerprint density at radius 1 is 0.281 bits per heavy atom. The van der Waals surface area contributed by atoms with E-state index in [1.165, 1.54) is 78.1 Å². The maximum Gasteiger partial charge on any atom is 0.151 e. The Morgan fingerprint density at radius 3 is 1.00 bits per heavy atom. The van der Waals surface area contributed by atoms with Crippen molar-refractivity contribution in [3.8, 4) is 67.5 Å². The van der Waals surface area contributed by atoms with Crippen LogP contribution in [0.4, 0.5) is 34.1 Å². The van der Waals surface area contributed by atoms with E-state index in [4.69, 9.17) is 9.47 Å². The van der Waals surface area contributed by atoms with Crippen LogP contribution < -0.4 is 19.3 Å². The quantitative estimate of drug-likeness (QED) is 0.176. The Labute approximate surface area is 374 Å². The molecule has 0 bridgehead atoms. The fraction of sp³-hybridized carbons (Fsp3) is 0.100. The summed E-state index contributed by atoms with van der Waals surface area (Å²) in [5.41, 5.74) is 21.0. The van der Waals surface area contributed by atoms with Gasteiger partial charge in [0.1, 0.15) is 0 Å². The molecule has 0 unspecified atom stereocenters. The first-order valence-corrected chi connectivity index (χ1v) is 22.2. The molecule has 0 saturated heterocycles. The lowest BCUT2D eigenvalue weighted by atomic mass is 9.72. The predicted octanol–water partition coefficient (Wildman–Crippen LogP) is 16.8. The van der Waals surface area contributed by atoms with Gasteiger partial charge >= 0.3 is 0 Å². The Balaban J connectivity index is 0.839. The number of rotatable bonds is 4. The van der Waals surface area contributed by atoms with Crippen LogP contribution in [0.25, 0.3) is 44.5 Å². The van der Waals surface area contributed by atoms with Gasteiger partial charge in [-0.2, -0.15) is 0 Å². The molecular formula is C60H44N2O2. The number of anilines is 6. The van der Waals surface area contributed by atoms with E-state index >= 15 is 0 Å². The molecule has 0 fully saturated rings. The zero-order valence-corrected chi connectivity index (χ0v) is 36.2. The summed E-state index contributed by atoms with van der Waals surface area (Å²) in [6.45, 7) is 9.35. The molecular weight excluding hydrogens is 781 g/mol. The summed E-state index contributed by atoms with van der Waals surface area (Å²) in [6.07, 6.45) is 0. The van der Waals surface area contributed by atoms with Crippen molar-refractivity contribution in [2.24, 2.45) is 0 Å². The van der Waals surface area contributed by atoms with Crippen molar-refractivity contribution in [2.45, 2.75) is 38.5 Å². The molecule has 0 N–H and O–H groups in total. The van der Waals surface area contributed by atoms with Gasteiger partial charge in [0.15, 0.2) is 23.0 Å². The summed E-state index contributed by atoms with van der Waals surface area (Å²) < 4.78 is 12.9. The van der Waals surface area contributed by atoms with Crippen molar-refractivity contribution >= 4 is 34.1 Å². The topological polar surface area (TPSA) is 24.9 Å². The van der Waals surface area contributed by atoms with Crippen molar-refractivity contribution in [3.05, 3.63) is 216 Å². The summed E-state index contributed by atoms with van der Waals surface area (Å²) >= 11 is 0. The highest BCUT2D eigenvalue weighted by molar-refractivity contribution is 5.96. The van der Waals surface area contributed by atoms with E-state index in [1.807, 2.05) is 12.1 Å². The van der Waals surface area contributed by atoms with Gasteiger partial charge in [0, 0.05) is 10.8 Å². The predicted molar refractivity (Wildman–Crippen MR) is 262 cm³/mol. The summed E-state index contributed by atoms with van der Waals surface area (Å²) in [5, 5.41) is 0. The minimum Gasteiger partial charge on any atom is -0.453 e. The molecule has 306 valence electrons. The molecule has 0 amide bonds. The molecule has 4 aliphatic rings. The van der Waals surface area contributed by atoms with E-state index in [2.05, 4.69) is 219 Å². The van der Waals surface area contributed by atoms with Crippen molar-refractivity contribution in [1.82, 2.24) is 0 Å². The summed E-state index contributed by atoms with van der Waals surface area (Å²) in [6, 6.07) is 70.5. The number of hydrogen-bond donors (Lipinski definition) is 0. The average Bonchev–Trinajstić information content (AvgIpc) is 3.34. The van der Waals surface area contributed by atoms with E-state index in [-0.39, 0.29) is 10.8 Å². The number of para-hydroxylation sites is 6. The molecule has 0 spiro atoms. The van der Waals surface area contributed by atoms with Crippen LogP contribution in [-0.2, 0) is 10.8 Å². The average molecular weight is 825 g/mol. The molecule has 4 heterocycles. The van der Waals surface area contributed by atoms with Gasteiger partial charge in [-0.3, -0.25) is 0 Å². The normalized spacial score (nSPS) is 15.0. The first-order chi connectivity index (χ1) is 31.2. The molecule has 13 rings (SSSR count). The van der Waals surface area contributed by atoms with Crippen LogP contribution in [0, 0.1) is 0 Å². The maximum absolute atomic E-state index is 6.45. The van der Waals surface area contributed by atoms with Crippen LogP contribution >= 0.6 is 0 Å². The number of fused-ring (bicyclic) bond motifs is 8. The number of ether oxygens (including phenoxy) is 2. The summed E-state index contributed by atoms with van der Waals surface area (Å²) in [7, 11) is 0. The molecule has 9 aromatic rings. The van der Waals surface area contributed by atoms with Crippen LogP contribution in [0.3, 0.4) is 0 Å². The highest BCUT2D eigenvalue weighted by Crippen LogP contribution is 2.61. The Kier molecular flexibility index (Phi) is 7.67. The Hall–Kier alpha value is -7.82. The van der Waals surface area contributed by atoms with Gasteiger partial charge in [-0.15, -0.1) is 0 Å². The van der Waals surface area contributed by atoms with E-state index in [0.29, 0.717) is 0 Å². The second-order valence-electron chi connectivity index (χ2n) is 18.6. The molecule has 0 radical (unpaired) electrons. The van der Waals surface area contributed by atoms with E-state index in [1.54, 1.807) is 0 Å². The van der Waals surface area contributed by atoms with Crippen LogP contribution in [0.15, 0.2) is 194 Å². The van der Waals surface area contributed by atoms with E-state index in [9.17, 15) is 0 Å². The second kappa shape index (κ2) is 13.3. The van der Waals surface area contributed by atoms with Gasteiger partial charge in [-0.1, -0.05) is 143 Å². The second-order valence-corrected chi connectivity index (χ2v) is 18.6. The maximum atomic E-state index is 6.45. The first-order valence-electron chi connectivity index (χ1n) is 22.2. The third-order valence-electron chi connectivity index (χ3n) is 14.2. The molecule has 9 aromatic carbocycles. The Bertz CT molecular complexity index is 3210. The summed E-state index contributed by atoms with van der Waals surface area (Å²) in [5.74, 6) is 3.55. The lowest BCUT2D eigenvalue weighted by molar-refractivity contribution is 0.471. The van der Waals surface area contributed by atoms with Crippen LogP contribution in [0.5, 0.6) is 23.0 Å². The van der Waals surface area contributed by atoms with Gasteiger partial charge < -0.3 is 19.3 Å². The molecule has 4 aliphatic heterocycles. The molecule has 4 nitrogen and oxygen atoms in total. The molecule has 64 heavy (non-hydrogen) atoms.